The molecule has 0 bridgehead atoms. The zero-order chi connectivity index (χ0) is 15.5. The van der Waals surface area contributed by atoms with Gasteiger partial charge in [-0.3, -0.25) is 10.1 Å². The van der Waals surface area contributed by atoms with Crippen molar-refractivity contribution in [2.24, 2.45) is 0 Å². The fourth-order valence-electron chi connectivity index (χ4n) is 2.47. The van der Waals surface area contributed by atoms with Crippen LogP contribution in [0.15, 0.2) is 48.8 Å². The highest BCUT2D eigenvalue weighted by molar-refractivity contribution is 5.89. The second-order valence-corrected chi connectivity index (χ2v) is 5.06. The molecule has 0 aliphatic rings. The van der Waals surface area contributed by atoms with Gasteiger partial charge in [0.15, 0.2) is 0 Å². The highest BCUT2D eigenvalue weighted by Gasteiger charge is 2.16. The number of nitrogens with zero attached hydrogens (tertiary/aromatic N) is 2. The number of carbonyl (C=O) groups is 1. The van der Waals surface area contributed by atoms with Crippen LogP contribution in [0.4, 0.5) is 0 Å². The lowest BCUT2D eigenvalue weighted by atomic mass is 9.97. The van der Waals surface area contributed by atoms with E-state index in [0.717, 1.165) is 22.5 Å². The van der Waals surface area contributed by atoms with E-state index in [1.165, 1.54) is 12.3 Å². The van der Waals surface area contributed by atoms with Gasteiger partial charge in [-0.2, -0.15) is 5.10 Å². The van der Waals surface area contributed by atoms with Gasteiger partial charge in [-0.25, -0.2) is 4.79 Å². The SMILES string of the molecule is Cc1[nH]nc(-c2ccccc2)c1Cc1cnccc1C(=O)O. The summed E-state index contributed by atoms with van der Waals surface area (Å²) in [5.41, 5.74) is 4.72. The lowest BCUT2D eigenvalue weighted by Crippen LogP contribution is -2.04. The molecule has 1 aromatic carbocycles. The van der Waals surface area contributed by atoms with Crippen molar-refractivity contribution in [1.29, 1.82) is 0 Å². The van der Waals surface area contributed by atoms with E-state index in [1.807, 2.05) is 37.3 Å². The molecule has 110 valence electrons. The Balaban J connectivity index is 2.04. The maximum absolute atomic E-state index is 11.3. The molecule has 3 aromatic rings. The number of carboxylic acid groups (broad SMARTS) is 1. The first-order valence-corrected chi connectivity index (χ1v) is 6.92. The van der Waals surface area contributed by atoms with Crippen molar-refractivity contribution >= 4 is 5.97 Å². The molecule has 0 saturated heterocycles. The predicted octanol–water partition coefficient (Wildman–Crippen LogP) is 3.07. The number of aromatic nitrogens is 3. The van der Waals surface area contributed by atoms with Crippen molar-refractivity contribution in [2.75, 3.05) is 0 Å². The number of aryl methyl sites for hydroxylation is 1. The number of nitrogens with one attached hydrogen (secondary N) is 1. The highest BCUT2D eigenvalue weighted by atomic mass is 16.4. The number of aromatic carboxylic acids is 1. The first-order valence-electron chi connectivity index (χ1n) is 6.92. The zero-order valence-corrected chi connectivity index (χ0v) is 12.1. The van der Waals surface area contributed by atoms with E-state index in [0.29, 0.717) is 12.0 Å². The minimum atomic E-state index is -0.945. The molecule has 0 unspecified atom stereocenters. The van der Waals surface area contributed by atoms with E-state index in [-0.39, 0.29) is 5.56 Å². The van der Waals surface area contributed by atoms with Crippen molar-refractivity contribution in [1.82, 2.24) is 15.2 Å². The largest absolute Gasteiger partial charge is 0.478 e. The summed E-state index contributed by atoms with van der Waals surface area (Å²) in [6.45, 7) is 1.94. The van der Waals surface area contributed by atoms with Gasteiger partial charge >= 0.3 is 5.97 Å². The Labute approximate surface area is 127 Å². The summed E-state index contributed by atoms with van der Waals surface area (Å²) in [5, 5.41) is 16.6. The minimum Gasteiger partial charge on any atom is -0.478 e. The standard InChI is InChI=1S/C17H15N3O2/c1-11-15(9-13-10-18-8-7-14(13)17(21)22)16(20-19-11)12-5-3-2-4-6-12/h2-8,10H,9H2,1H3,(H,19,20)(H,21,22). The molecule has 2 N–H and O–H groups in total. The van der Waals surface area contributed by atoms with Crippen LogP contribution in [-0.4, -0.2) is 26.3 Å². The monoisotopic (exact) mass is 293 g/mol. The Hall–Kier alpha value is -2.95. The quantitative estimate of drug-likeness (QED) is 0.775. The summed E-state index contributed by atoms with van der Waals surface area (Å²) in [4.78, 5) is 15.4. The van der Waals surface area contributed by atoms with E-state index in [4.69, 9.17) is 0 Å². The number of hydrogen-bond donors (Lipinski definition) is 2. The van der Waals surface area contributed by atoms with Gasteiger partial charge in [0.1, 0.15) is 0 Å². The van der Waals surface area contributed by atoms with Gasteiger partial charge in [0, 0.05) is 35.6 Å². The van der Waals surface area contributed by atoms with E-state index in [1.54, 1.807) is 6.20 Å². The number of benzene rings is 1. The third kappa shape index (κ3) is 2.61. The van der Waals surface area contributed by atoms with Gasteiger partial charge in [0.05, 0.1) is 11.3 Å². The van der Waals surface area contributed by atoms with Crippen LogP contribution in [-0.2, 0) is 6.42 Å². The van der Waals surface area contributed by atoms with Crippen molar-refractivity contribution < 1.29 is 9.90 Å². The lowest BCUT2D eigenvalue weighted by Gasteiger charge is -2.07. The van der Waals surface area contributed by atoms with Gasteiger partial charge in [-0.15, -0.1) is 0 Å². The molecule has 0 amide bonds. The molecule has 3 rings (SSSR count). The third-order valence-corrected chi connectivity index (χ3v) is 3.62. The summed E-state index contributed by atoms with van der Waals surface area (Å²) in [6.07, 6.45) is 3.57. The summed E-state index contributed by atoms with van der Waals surface area (Å²) in [5.74, 6) is -0.945. The molecule has 0 saturated carbocycles. The van der Waals surface area contributed by atoms with Crippen molar-refractivity contribution in [3.8, 4) is 11.3 Å². The molecular weight excluding hydrogens is 278 g/mol. The maximum Gasteiger partial charge on any atom is 0.336 e. The molecule has 2 aromatic heterocycles. The topological polar surface area (TPSA) is 78.9 Å². The molecular formula is C17H15N3O2. The summed E-state index contributed by atoms with van der Waals surface area (Å²) in [6, 6.07) is 11.4. The molecule has 5 heteroatoms. The van der Waals surface area contributed by atoms with E-state index < -0.39 is 5.97 Å². The number of H-pyrrole nitrogens is 1. The van der Waals surface area contributed by atoms with Crippen LogP contribution in [0, 0.1) is 6.92 Å². The van der Waals surface area contributed by atoms with Crippen molar-refractivity contribution in [3.05, 3.63) is 71.2 Å². The Morgan fingerprint density at radius 1 is 1.23 bits per heavy atom. The number of pyridine rings is 1. The molecule has 0 aliphatic carbocycles. The first kappa shape index (κ1) is 14.0. The lowest BCUT2D eigenvalue weighted by molar-refractivity contribution is 0.0695. The predicted molar refractivity (Wildman–Crippen MR) is 82.8 cm³/mol. The Morgan fingerprint density at radius 2 is 2.00 bits per heavy atom. The van der Waals surface area contributed by atoms with Crippen LogP contribution < -0.4 is 0 Å². The van der Waals surface area contributed by atoms with Crippen molar-refractivity contribution in [3.63, 3.8) is 0 Å². The van der Waals surface area contributed by atoms with E-state index in [2.05, 4.69) is 15.2 Å². The summed E-state index contributed by atoms with van der Waals surface area (Å²) < 4.78 is 0. The Kier molecular flexibility index (Phi) is 3.70. The van der Waals surface area contributed by atoms with Crippen LogP contribution in [0.5, 0.6) is 0 Å². The maximum atomic E-state index is 11.3. The second-order valence-electron chi connectivity index (χ2n) is 5.06. The number of carboxylic acids is 1. The third-order valence-electron chi connectivity index (χ3n) is 3.62. The van der Waals surface area contributed by atoms with Crippen LogP contribution >= 0.6 is 0 Å². The number of aromatic amines is 1. The number of rotatable bonds is 4. The Bertz CT molecular complexity index is 810. The van der Waals surface area contributed by atoms with Crippen LogP contribution in [0.3, 0.4) is 0 Å². The fraction of sp³-hybridized carbons (Fsp3) is 0.118. The van der Waals surface area contributed by atoms with E-state index >= 15 is 0 Å². The molecule has 0 aliphatic heterocycles. The molecule has 0 spiro atoms. The van der Waals surface area contributed by atoms with Crippen LogP contribution in [0.2, 0.25) is 0 Å². The van der Waals surface area contributed by atoms with E-state index in [9.17, 15) is 9.90 Å². The zero-order valence-electron chi connectivity index (χ0n) is 12.1. The summed E-state index contributed by atoms with van der Waals surface area (Å²) >= 11 is 0. The average molecular weight is 293 g/mol. The van der Waals surface area contributed by atoms with Gasteiger partial charge in [-0.1, -0.05) is 30.3 Å². The molecule has 5 nitrogen and oxygen atoms in total. The Morgan fingerprint density at radius 3 is 2.73 bits per heavy atom. The normalized spacial score (nSPS) is 10.6. The van der Waals surface area contributed by atoms with Gasteiger partial charge in [-0.05, 0) is 18.6 Å². The average Bonchev–Trinajstić information content (AvgIpc) is 2.90. The van der Waals surface area contributed by atoms with Crippen molar-refractivity contribution in [2.45, 2.75) is 13.3 Å². The smallest absolute Gasteiger partial charge is 0.336 e. The van der Waals surface area contributed by atoms with Gasteiger partial charge < -0.3 is 5.11 Å². The fourth-order valence-corrected chi connectivity index (χ4v) is 2.47. The first-order chi connectivity index (χ1) is 10.7. The molecule has 0 atom stereocenters. The number of hydrogen-bond acceptors (Lipinski definition) is 3. The van der Waals surface area contributed by atoms with Gasteiger partial charge in [0.25, 0.3) is 0 Å². The van der Waals surface area contributed by atoms with Crippen LogP contribution in [0.1, 0.15) is 27.2 Å². The minimum absolute atomic E-state index is 0.273. The highest BCUT2D eigenvalue weighted by Crippen LogP contribution is 2.26. The molecule has 22 heavy (non-hydrogen) atoms. The van der Waals surface area contributed by atoms with Crippen LogP contribution in [0.25, 0.3) is 11.3 Å². The molecule has 2 heterocycles. The molecule has 0 radical (unpaired) electrons. The summed E-state index contributed by atoms with van der Waals surface area (Å²) in [7, 11) is 0. The second kappa shape index (κ2) is 5.81. The molecule has 0 fully saturated rings. The van der Waals surface area contributed by atoms with Gasteiger partial charge in [0.2, 0.25) is 0 Å².